The molecule has 108 valence electrons. The van der Waals surface area contributed by atoms with E-state index < -0.39 is 0 Å². The van der Waals surface area contributed by atoms with Gasteiger partial charge in [0.15, 0.2) is 6.61 Å². The van der Waals surface area contributed by atoms with Crippen LogP contribution in [0.4, 0.5) is 5.69 Å². The Morgan fingerprint density at radius 1 is 1.19 bits per heavy atom. The van der Waals surface area contributed by atoms with Crippen molar-refractivity contribution in [2.24, 2.45) is 11.8 Å². The number of hydrogen-bond acceptors (Lipinski definition) is 4. The zero-order chi connectivity index (χ0) is 14.8. The second-order valence-electron chi connectivity index (χ2n) is 5.45. The number of nitrogens with zero attached hydrogens (tertiary/aromatic N) is 2. The smallest absolute Gasteiger partial charge is 0.237 e. The van der Waals surface area contributed by atoms with Crippen LogP contribution in [0.25, 0.3) is 0 Å². The molecule has 2 aliphatic rings. The zero-order valence-corrected chi connectivity index (χ0v) is 11.6. The van der Waals surface area contributed by atoms with E-state index in [2.05, 4.69) is 0 Å². The molecule has 1 aromatic carbocycles. The molecule has 1 aromatic rings. The Balaban J connectivity index is 1.88. The van der Waals surface area contributed by atoms with E-state index in [9.17, 15) is 9.59 Å². The van der Waals surface area contributed by atoms with Crippen molar-refractivity contribution in [2.75, 3.05) is 11.5 Å². The van der Waals surface area contributed by atoms with E-state index in [1.807, 2.05) is 6.07 Å². The highest BCUT2D eigenvalue weighted by Crippen LogP contribution is 2.40. The standard InChI is InChI=1S/C16H16N2O3/c17-8-9-21-12-5-3-4-11(10-12)18-15(19)13-6-1-2-7-14(13)16(18)20/h3-5,10,13-14H,1-2,6-7,9H2. The molecule has 3 rings (SSSR count). The number of carbonyl (C=O) groups excluding carboxylic acids is 2. The van der Waals surface area contributed by atoms with Crippen molar-refractivity contribution in [3.63, 3.8) is 0 Å². The van der Waals surface area contributed by atoms with Gasteiger partial charge in [0.25, 0.3) is 0 Å². The molecular formula is C16H16N2O3. The van der Waals surface area contributed by atoms with Crippen molar-refractivity contribution >= 4 is 17.5 Å². The van der Waals surface area contributed by atoms with Gasteiger partial charge >= 0.3 is 0 Å². The number of nitriles is 1. The van der Waals surface area contributed by atoms with Crippen LogP contribution in [0.1, 0.15) is 25.7 Å². The number of benzene rings is 1. The first-order valence-corrected chi connectivity index (χ1v) is 7.20. The van der Waals surface area contributed by atoms with Crippen molar-refractivity contribution in [2.45, 2.75) is 25.7 Å². The number of ether oxygens (including phenoxy) is 1. The number of fused-ring (bicyclic) bond motifs is 1. The average Bonchev–Trinajstić information content (AvgIpc) is 2.78. The molecule has 2 amide bonds. The number of carbonyl (C=O) groups is 2. The summed E-state index contributed by atoms with van der Waals surface area (Å²) < 4.78 is 5.23. The molecule has 5 nitrogen and oxygen atoms in total. The van der Waals surface area contributed by atoms with Crippen molar-refractivity contribution in [3.8, 4) is 11.8 Å². The van der Waals surface area contributed by atoms with Crippen LogP contribution in [0.15, 0.2) is 24.3 Å². The minimum atomic E-state index is -0.157. The van der Waals surface area contributed by atoms with Crippen LogP contribution in [0, 0.1) is 23.2 Å². The van der Waals surface area contributed by atoms with Crippen molar-refractivity contribution < 1.29 is 14.3 Å². The third-order valence-corrected chi connectivity index (χ3v) is 4.22. The first kappa shape index (κ1) is 13.6. The molecule has 5 heteroatoms. The van der Waals surface area contributed by atoms with Gasteiger partial charge in [0, 0.05) is 6.07 Å². The molecule has 2 unspecified atom stereocenters. The van der Waals surface area contributed by atoms with Crippen LogP contribution in [-0.4, -0.2) is 18.4 Å². The third-order valence-electron chi connectivity index (χ3n) is 4.22. The van der Waals surface area contributed by atoms with Crippen molar-refractivity contribution in [3.05, 3.63) is 24.3 Å². The normalized spacial score (nSPS) is 24.6. The summed E-state index contributed by atoms with van der Waals surface area (Å²) in [7, 11) is 0. The van der Waals surface area contributed by atoms with Gasteiger partial charge in [-0.15, -0.1) is 0 Å². The first-order valence-electron chi connectivity index (χ1n) is 7.20. The van der Waals surface area contributed by atoms with Crippen LogP contribution in [-0.2, 0) is 9.59 Å². The van der Waals surface area contributed by atoms with Crippen LogP contribution in [0.5, 0.6) is 5.75 Å². The van der Waals surface area contributed by atoms with E-state index in [0.717, 1.165) is 25.7 Å². The Hall–Kier alpha value is -2.35. The minimum absolute atomic E-state index is 0.0589. The lowest BCUT2D eigenvalue weighted by atomic mass is 9.81. The van der Waals surface area contributed by atoms with Gasteiger partial charge in [-0.25, -0.2) is 4.90 Å². The zero-order valence-electron chi connectivity index (χ0n) is 11.6. The fraction of sp³-hybridized carbons (Fsp3) is 0.438. The minimum Gasteiger partial charge on any atom is -0.479 e. The number of anilines is 1. The Kier molecular flexibility index (Phi) is 3.61. The molecule has 0 N–H and O–H groups in total. The van der Waals surface area contributed by atoms with Gasteiger partial charge in [0.05, 0.1) is 17.5 Å². The highest BCUT2D eigenvalue weighted by atomic mass is 16.5. The second-order valence-corrected chi connectivity index (χ2v) is 5.45. The van der Waals surface area contributed by atoms with E-state index in [0.29, 0.717) is 11.4 Å². The topological polar surface area (TPSA) is 70.4 Å². The van der Waals surface area contributed by atoms with Gasteiger partial charge in [0.1, 0.15) is 11.8 Å². The summed E-state index contributed by atoms with van der Waals surface area (Å²) in [6, 6.07) is 8.70. The predicted molar refractivity (Wildman–Crippen MR) is 75.5 cm³/mol. The first-order chi connectivity index (χ1) is 10.2. The lowest BCUT2D eigenvalue weighted by molar-refractivity contribution is -0.122. The number of amides is 2. The summed E-state index contributed by atoms with van der Waals surface area (Å²) in [4.78, 5) is 26.3. The second kappa shape index (κ2) is 5.57. The monoisotopic (exact) mass is 284 g/mol. The predicted octanol–water partition coefficient (Wildman–Crippen LogP) is 2.27. The molecule has 0 aromatic heterocycles. The summed E-state index contributed by atoms with van der Waals surface area (Å²) in [6.07, 6.45) is 3.63. The van der Waals surface area contributed by atoms with Crippen LogP contribution in [0.2, 0.25) is 0 Å². The molecule has 1 heterocycles. The molecule has 0 radical (unpaired) electrons. The highest BCUT2D eigenvalue weighted by molar-refractivity contribution is 6.22. The molecule has 1 saturated carbocycles. The van der Waals surface area contributed by atoms with Gasteiger partial charge in [-0.3, -0.25) is 9.59 Å². The lowest BCUT2D eigenvalue weighted by Gasteiger charge is -2.19. The quantitative estimate of drug-likeness (QED) is 0.798. The summed E-state index contributed by atoms with van der Waals surface area (Å²) in [5.74, 6) is -0.0151. The maximum Gasteiger partial charge on any atom is 0.237 e. The van der Waals surface area contributed by atoms with Gasteiger partial charge in [-0.05, 0) is 25.0 Å². The molecule has 0 bridgehead atoms. The molecular weight excluding hydrogens is 268 g/mol. The summed E-state index contributed by atoms with van der Waals surface area (Å²) >= 11 is 0. The fourth-order valence-corrected chi connectivity index (χ4v) is 3.24. The van der Waals surface area contributed by atoms with Crippen molar-refractivity contribution in [1.29, 1.82) is 5.26 Å². The molecule has 1 aliphatic heterocycles. The van der Waals surface area contributed by atoms with Crippen LogP contribution >= 0.6 is 0 Å². The summed E-state index contributed by atoms with van der Waals surface area (Å²) in [5, 5.41) is 8.54. The number of hydrogen-bond donors (Lipinski definition) is 0. The Morgan fingerprint density at radius 2 is 1.86 bits per heavy atom. The summed E-state index contributed by atoms with van der Waals surface area (Å²) in [6.45, 7) is -0.0589. The molecule has 1 aliphatic carbocycles. The van der Waals surface area contributed by atoms with E-state index in [-0.39, 0.29) is 30.3 Å². The van der Waals surface area contributed by atoms with E-state index in [1.165, 1.54) is 4.90 Å². The highest BCUT2D eigenvalue weighted by Gasteiger charge is 2.48. The van der Waals surface area contributed by atoms with E-state index in [1.54, 1.807) is 24.3 Å². The lowest BCUT2D eigenvalue weighted by Crippen LogP contribution is -2.30. The summed E-state index contributed by atoms with van der Waals surface area (Å²) in [5.41, 5.74) is 0.537. The largest absolute Gasteiger partial charge is 0.479 e. The third kappa shape index (κ3) is 2.38. The molecule has 21 heavy (non-hydrogen) atoms. The molecule has 2 fully saturated rings. The Bertz CT molecular complexity index is 596. The van der Waals surface area contributed by atoms with Gasteiger partial charge < -0.3 is 4.74 Å². The maximum atomic E-state index is 12.5. The SMILES string of the molecule is N#CCOc1cccc(N2C(=O)C3CCCCC3C2=O)c1. The molecule has 0 spiro atoms. The van der Waals surface area contributed by atoms with Crippen LogP contribution < -0.4 is 9.64 Å². The van der Waals surface area contributed by atoms with E-state index in [4.69, 9.17) is 10.00 Å². The average molecular weight is 284 g/mol. The van der Waals surface area contributed by atoms with Gasteiger partial charge in [-0.2, -0.15) is 5.26 Å². The Morgan fingerprint density at radius 3 is 2.48 bits per heavy atom. The number of imide groups is 1. The number of rotatable bonds is 3. The van der Waals surface area contributed by atoms with Gasteiger partial charge in [-0.1, -0.05) is 18.9 Å². The van der Waals surface area contributed by atoms with Gasteiger partial charge in [0.2, 0.25) is 11.8 Å². The Labute approximate surface area is 123 Å². The van der Waals surface area contributed by atoms with Crippen LogP contribution in [0.3, 0.4) is 0 Å². The fourth-order valence-electron chi connectivity index (χ4n) is 3.24. The molecule has 1 saturated heterocycles. The molecule has 2 atom stereocenters. The maximum absolute atomic E-state index is 12.5. The van der Waals surface area contributed by atoms with Crippen molar-refractivity contribution in [1.82, 2.24) is 0 Å². The van der Waals surface area contributed by atoms with E-state index >= 15 is 0 Å².